The van der Waals surface area contributed by atoms with Crippen LogP contribution >= 0.6 is 0 Å². The van der Waals surface area contributed by atoms with Crippen LogP contribution in [0.1, 0.15) is 5.56 Å². The fraction of sp³-hybridized carbons (Fsp3) is 0.0909. The highest BCUT2D eigenvalue weighted by atomic mass is 16.2. The van der Waals surface area contributed by atoms with Crippen LogP contribution in [0.5, 0.6) is 0 Å². The molecule has 1 aromatic carbocycles. The third-order valence-corrected chi connectivity index (χ3v) is 2.15. The van der Waals surface area contributed by atoms with Gasteiger partial charge in [-0.05, 0) is 12.1 Å². The summed E-state index contributed by atoms with van der Waals surface area (Å²) < 4.78 is 0.987. The molecule has 6 nitrogen and oxygen atoms in total. The largest absolute Gasteiger partial charge is 0.349 e. The van der Waals surface area contributed by atoms with Gasteiger partial charge in [0, 0.05) is 5.56 Å². The van der Waals surface area contributed by atoms with Gasteiger partial charge in [-0.15, -0.1) is 0 Å². The maximum Gasteiger partial charge on any atom is 0.349 e. The Morgan fingerprint density at radius 2 is 1.82 bits per heavy atom. The third-order valence-electron chi connectivity index (χ3n) is 2.15. The minimum atomic E-state index is -0.531. The molecule has 2 aromatic rings. The van der Waals surface area contributed by atoms with E-state index in [1.807, 2.05) is 0 Å². The molecule has 0 saturated carbocycles. The molecule has 4 N–H and O–H groups in total. The zero-order chi connectivity index (χ0) is 12.3. The zero-order valence-electron chi connectivity index (χ0n) is 8.86. The summed E-state index contributed by atoms with van der Waals surface area (Å²) in [4.78, 5) is 22.9. The number of aromatic amines is 2. The van der Waals surface area contributed by atoms with Gasteiger partial charge in [0.1, 0.15) is 0 Å². The lowest BCUT2D eigenvalue weighted by Crippen LogP contribution is -2.25. The summed E-state index contributed by atoms with van der Waals surface area (Å²) in [5.41, 5.74) is 5.23. The van der Waals surface area contributed by atoms with Gasteiger partial charge in [0.2, 0.25) is 0 Å². The Labute approximate surface area is 96.1 Å². The quantitative estimate of drug-likeness (QED) is 0.557. The van der Waals surface area contributed by atoms with Gasteiger partial charge in [0.05, 0.1) is 12.2 Å². The van der Waals surface area contributed by atoms with Crippen LogP contribution in [-0.4, -0.2) is 21.3 Å². The lowest BCUT2D eigenvalue weighted by atomic mass is 10.2. The van der Waals surface area contributed by atoms with E-state index in [9.17, 15) is 9.59 Å². The molecule has 0 aliphatic carbocycles. The fourth-order valence-electron chi connectivity index (χ4n) is 1.45. The molecule has 6 heteroatoms. The first-order valence-corrected chi connectivity index (χ1v) is 4.92. The average Bonchev–Trinajstić information content (AvgIpc) is 2.67. The van der Waals surface area contributed by atoms with Crippen molar-refractivity contribution in [1.82, 2.24) is 14.8 Å². The second kappa shape index (κ2) is 4.55. The number of para-hydroxylation sites is 1. The zero-order valence-corrected chi connectivity index (χ0v) is 8.86. The predicted octanol–water partition coefficient (Wildman–Crippen LogP) is -0.836. The molecule has 0 radical (unpaired) electrons. The second-order valence-electron chi connectivity index (χ2n) is 3.22. The lowest BCUT2D eigenvalue weighted by Gasteiger charge is -2.01. The van der Waals surface area contributed by atoms with E-state index in [4.69, 9.17) is 5.73 Å². The minimum absolute atomic E-state index is 0.215. The van der Waals surface area contributed by atoms with E-state index in [2.05, 4.69) is 22.0 Å². The molecule has 0 fully saturated rings. The number of rotatable bonds is 1. The van der Waals surface area contributed by atoms with Crippen LogP contribution < -0.4 is 17.1 Å². The van der Waals surface area contributed by atoms with Crippen LogP contribution in [0.15, 0.2) is 33.9 Å². The number of nitrogens with zero attached hydrogens (tertiary/aromatic N) is 1. The van der Waals surface area contributed by atoms with Gasteiger partial charge in [0.25, 0.3) is 0 Å². The maximum absolute atomic E-state index is 11.5. The Bertz CT molecular complexity index is 669. The van der Waals surface area contributed by atoms with Crippen molar-refractivity contribution in [3.63, 3.8) is 0 Å². The van der Waals surface area contributed by atoms with E-state index in [1.165, 1.54) is 0 Å². The van der Waals surface area contributed by atoms with Crippen LogP contribution in [0.2, 0.25) is 0 Å². The topological polar surface area (TPSA) is 96.7 Å². The number of aromatic nitrogens is 3. The first kappa shape index (κ1) is 11.0. The molecular formula is C11H10N4O2. The summed E-state index contributed by atoms with van der Waals surface area (Å²) >= 11 is 0. The Hall–Kier alpha value is -2.52. The number of hydrogen-bond donors (Lipinski definition) is 3. The molecule has 0 spiro atoms. The van der Waals surface area contributed by atoms with Crippen molar-refractivity contribution < 1.29 is 0 Å². The number of benzene rings is 1. The smallest absolute Gasteiger partial charge is 0.320 e. The normalized spacial score (nSPS) is 9.71. The molecule has 0 atom stereocenters. The molecule has 1 aromatic heterocycles. The van der Waals surface area contributed by atoms with Crippen molar-refractivity contribution in [2.45, 2.75) is 0 Å². The van der Waals surface area contributed by atoms with Gasteiger partial charge in [-0.2, -0.15) is 0 Å². The molecule has 0 unspecified atom stereocenters. The fourth-order valence-corrected chi connectivity index (χ4v) is 1.45. The standard InChI is InChI=1S/C11H10N4O2/c12-7-3-5-8-4-1-2-6-9(8)15-10(16)13-14-11(15)17/h1-2,4,6H,7,12H2,(H,13,16)(H,14,17). The van der Waals surface area contributed by atoms with Gasteiger partial charge < -0.3 is 5.73 Å². The summed E-state index contributed by atoms with van der Waals surface area (Å²) in [7, 11) is 0. The summed E-state index contributed by atoms with van der Waals surface area (Å²) in [6.45, 7) is 0.215. The number of nitrogens with two attached hydrogens (primary N) is 1. The van der Waals surface area contributed by atoms with Gasteiger partial charge in [-0.3, -0.25) is 0 Å². The molecule has 2 rings (SSSR count). The van der Waals surface area contributed by atoms with Gasteiger partial charge in [-0.25, -0.2) is 24.4 Å². The van der Waals surface area contributed by atoms with Crippen LogP contribution in [-0.2, 0) is 0 Å². The van der Waals surface area contributed by atoms with Crippen molar-refractivity contribution in [1.29, 1.82) is 0 Å². The molecule has 0 saturated heterocycles. The van der Waals surface area contributed by atoms with E-state index in [-0.39, 0.29) is 6.54 Å². The molecule has 0 bridgehead atoms. The Morgan fingerprint density at radius 3 is 2.47 bits per heavy atom. The van der Waals surface area contributed by atoms with E-state index in [0.29, 0.717) is 11.3 Å². The maximum atomic E-state index is 11.5. The number of H-pyrrole nitrogens is 2. The Morgan fingerprint density at radius 1 is 1.18 bits per heavy atom. The highest BCUT2D eigenvalue weighted by Crippen LogP contribution is 2.08. The van der Waals surface area contributed by atoms with E-state index < -0.39 is 11.4 Å². The van der Waals surface area contributed by atoms with Crippen LogP contribution in [0.4, 0.5) is 0 Å². The molecular weight excluding hydrogens is 220 g/mol. The van der Waals surface area contributed by atoms with Crippen molar-refractivity contribution in [2.24, 2.45) is 5.73 Å². The summed E-state index contributed by atoms with van der Waals surface area (Å²) in [6, 6.07) is 6.86. The first-order valence-electron chi connectivity index (χ1n) is 4.92. The number of nitrogens with one attached hydrogen (secondary N) is 2. The Kier molecular flexibility index (Phi) is 2.94. The van der Waals surface area contributed by atoms with E-state index in [1.54, 1.807) is 24.3 Å². The van der Waals surface area contributed by atoms with Crippen LogP contribution in [0.25, 0.3) is 5.69 Å². The van der Waals surface area contributed by atoms with Crippen molar-refractivity contribution in [2.75, 3.05) is 6.54 Å². The molecule has 0 amide bonds. The van der Waals surface area contributed by atoms with Crippen LogP contribution in [0.3, 0.4) is 0 Å². The minimum Gasteiger partial charge on any atom is -0.320 e. The molecule has 17 heavy (non-hydrogen) atoms. The third kappa shape index (κ3) is 2.04. The summed E-state index contributed by atoms with van der Waals surface area (Å²) in [5.74, 6) is 5.50. The highest BCUT2D eigenvalue weighted by Gasteiger charge is 2.08. The molecule has 86 valence electrons. The second-order valence-corrected chi connectivity index (χ2v) is 3.22. The van der Waals surface area contributed by atoms with Crippen molar-refractivity contribution >= 4 is 0 Å². The first-order chi connectivity index (χ1) is 8.24. The molecule has 0 aliphatic heterocycles. The van der Waals surface area contributed by atoms with Gasteiger partial charge >= 0.3 is 11.4 Å². The number of hydrogen-bond acceptors (Lipinski definition) is 3. The van der Waals surface area contributed by atoms with Crippen molar-refractivity contribution in [3.05, 3.63) is 50.8 Å². The highest BCUT2D eigenvalue weighted by molar-refractivity contribution is 5.50. The monoisotopic (exact) mass is 230 g/mol. The average molecular weight is 230 g/mol. The Balaban J connectivity index is 2.68. The lowest BCUT2D eigenvalue weighted by molar-refractivity contribution is 0.948. The van der Waals surface area contributed by atoms with Crippen LogP contribution in [0, 0.1) is 11.8 Å². The molecule has 0 aliphatic rings. The SMILES string of the molecule is NCC#Cc1ccccc1-n1c(=O)[nH][nH]c1=O. The van der Waals surface area contributed by atoms with E-state index >= 15 is 0 Å². The van der Waals surface area contributed by atoms with E-state index in [0.717, 1.165) is 4.57 Å². The summed E-state index contributed by atoms with van der Waals surface area (Å²) in [6.07, 6.45) is 0. The molecule has 1 heterocycles. The predicted molar refractivity (Wildman–Crippen MR) is 62.9 cm³/mol. The summed E-state index contributed by atoms with van der Waals surface area (Å²) in [5, 5.41) is 4.43. The van der Waals surface area contributed by atoms with Gasteiger partial charge in [0.15, 0.2) is 0 Å². The van der Waals surface area contributed by atoms with Gasteiger partial charge in [-0.1, -0.05) is 24.0 Å². The van der Waals surface area contributed by atoms with Crippen molar-refractivity contribution in [3.8, 4) is 17.5 Å².